The Morgan fingerprint density at radius 3 is 2.34 bits per heavy atom. The van der Waals surface area contributed by atoms with Gasteiger partial charge < -0.3 is 24.8 Å². The first-order valence-electron chi connectivity index (χ1n) is 11.4. The van der Waals surface area contributed by atoms with Gasteiger partial charge in [-0.25, -0.2) is 0 Å². The van der Waals surface area contributed by atoms with Crippen molar-refractivity contribution in [1.82, 2.24) is 9.47 Å². The first-order chi connectivity index (χ1) is 16.8. The van der Waals surface area contributed by atoms with E-state index in [9.17, 15) is 20.1 Å². The molecule has 3 rings (SSSR count). The summed E-state index contributed by atoms with van der Waals surface area (Å²) < 4.78 is 12.7. The van der Waals surface area contributed by atoms with Crippen LogP contribution in [0.5, 0.6) is 23.3 Å². The number of aromatic nitrogens is 1. The maximum atomic E-state index is 11.7. The number of carboxylic acid groups (broad SMARTS) is 1. The number of carbonyl (C=O) groups is 1. The normalized spacial score (nSPS) is 12.0. The second-order valence-corrected chi connectivity index (χ2v) is 8.61. The molecule has 0 bridgehead atoms. The van der Waals surface area contributed by atoms with Crippen molar-refractivity contribution >= 4 is 17.6 Å². The van der Waals surface area contributed by atoms with Crippen molar-refractivity contribution in [2.24, 2.45) is 0 Å². The fourth-order valence-corrected chi connectivity index (χ4v) is 4.15. The number of aliphatic carboxylic acids is 1. The standard InChI is InChI=1S/C26H31ClN2O6/c1-3-12-28(21(16-26(32)33)19-5-7-20(27)8-6-19)17-18-4-9-22(23(15-18)34-2)35-14-13-29-24(30)10-11-25(29)31/h4-11,15,21,30-31H,3,12-14,16-17H2,1-2H3,(H,32,33). The van der Waals surface area contributed by atoms with Gasteiger partial charge in [-0.05, 0) is 48.4 Å². The highest BCUT2D eigenvalue weighted by atomic mass is 35.5. The number of methoxy groups -OCH3 is 1. The van der Waals surface area contributed by atoms with Gasteiger partial charge in [0.1, 0.15) is 6.61 Å². The van der Waals surface area contributed by atoms with Crippen LogP contribution in [0.3, 0.4) is 0 Å². The van der Waals surface area contributed by atoms with Crippen molar-refractivity contribution in [3.63, 3.8) is 0 Å². The zero-order valence-corrected chi connectivity index (χ0v) is 20.6. The van der Waals surface area contributed by atoms with E-state index >= 15 is 0 Å². The van der Waals surface area contributed by atoms with Gasteiger partial charge in [-0.2, -0.15) is 0 Å². The van der Waals surface area contributed by atoms with E-state index in [0.29, 0.717) is 29.6 Å². The van der Waals surface area contributed by atoms with Crippen LogP contribution in [0.15, 0.2) is 54.6 Å². The van der Waals surface area contributed by atoms with Crippen LogP contribution < -0.4 is 9.47 Å². The van der Waals surface area contributed by atoms with Crippen molar-refractivity contribution in [1.29, 1.82) is 0 Å². The summed E-state index contributed by atoms with van der Waals surface area (Å²) in [5.74, 6) is 0.125. The smallest absolute Gasteiger partial charge is 0.305 e. The Morgan fingerprint density at radius 1 is 1.06 bits per heavy atom. The summed E-state index contributed by atoms with van der Waals surface area (Å²) in [6.07, 6.45) is 0.833. The molecule has 0 aliphatic rings. The predicted molar refractivity (Wildman–Crippen MR) is 133 cm³/mol. The van der Waals surface area contributed by atoms with Crippen LogP contribution in [0.25, 0.3) is 0 Å². The minimum Gasteiger partial charge on any atom is -0.494 e. The summed E-state index contributed by atoms with van der Waals surface area (Å²) >= 11 is 6.04. The summed E-state index contributed by atoms with van der Waals surface area (Å²) in [7, 11) is 1.56. The van der Waals surface area contributed by atoms with Crippen LogP contribution in [-0.2, 0) is 17.9 Å². The fraction of sp³-hybridized carbons (Fsp3) is 0.346. The van der Waals surface area contributed by atoms with Gasteiger partial charge in [0.05, 0.1) is 20.1 Å². The highest BCUT2D eigenvalue weighted by Gasteiger charge is 2.23. The monoisotopic (exact) mass is 502 g/mol. The van der Waals surface area contributed by atoms with E-state index in [4.69, 9.17) is 21.1 Å². The van der Waals surface area contributed by atoms with Gasteiger partial charge in [-0.1, -0.05) is 36.7 Å². The molecule has 0 amide bonds. The molecule has 35 heavy (non-hydrogen) atoms. The molecular weight excluding hydrogens is 472 g/mol. The van der Waals surface area contributed by atoms with Gasteiger partial charge in [0.15, 0.2) is 23.3 Å². The second kappa shape index (κ2) is 12.4. The molecule has 0 aliphatic carbocycles. The van der Waals surface area contributed by atoms with Crippen LogP contribution in [0, 0.1) is 0 Å². The highest BCUT2D eigenvalue weighted by Crippen LogP contribution is 2.32. The molecule has 1 atom stereocenters. The number of carboxylic acids is 1. The molecule has 0 radical (unpaired) electrons. The number of halogens is 1. The molecule has 0 spiro atoms. The Balaban J connectivity index is 1.76. The number of aromatic hydroxyl groups is 2. The third kappa shape index (κ3) is 7.07. The molecule has 0 fully saturated rings. The Kier molecular flexibility index (Phi) is 9.28. The number of hydrogen-bond donors (Lipinski definition) is 3. The van der Waals surface area contributed by atoms with E-state index in [1.54, 1.807) is 19.2 Å². The molecule has 3 N–H and O–H groups in total. The molecule has 0 saturated heterocycles. The number of nitrogens with zero attached hydrogens (tertiary/aromatic N) is 2. The van der Waals surface area contributed by atoms with E-state index in [-0.39, 0.29) is 37.4 Å². The summed E-state index contributed by atoms with van der Waals surface area (Å²) in [5, 5.41) is 29.7. The Morgan fingerprint density at radius 2 is 1.74 bits per heavy atom. The SMILES string of the molecule is CCCN(Cc1ccc(OCCn2c(O)ccc2O)c(OC)c1)C(CC(=O)O)c1ccc(Cl)cc1. The Bertz CT molecular complexity index is 1100. The van der Waals surface area contributed by atoms with Gasteiger partial charge in [0.25, 0.3) is 0 Å². The van der Waals surface area contributed by atoms with Gasteiger partial charge in [-0.15, -0.1) is 0 Å². The largest absolute Gasteiger partial charge is 0.494 e. The second-order valence-electron chi connectivity index (χ2n) is 8.17. The van der Waals surface area contributed by atoms with Gasteiger partial charge in [-0.3, -0.25) is 14.3 Å². The minimum absolute atomic E-state index is 0.0287. The van der Waals surface area contributed by atoms with Crippen molar-refractivity contribution in [2.45, 2.75) is 38.9 Å². The van der Waals surface area contributed by atoms with Crippen LogP contribution in [0.2, 0.25) is 5.02 Å². The number of ether oxygens (including phenoxy) is 2. The molecule has 1 aromatic heterocycles. The van der Waals surface area contributed by atoms with E-state index in [1.165, 1.54) is 16.7 Å². The van der Waals surface area contributed by atoms with Crippen molar-refractivity contribution < 1.29 is 29.6 Å². The number of rotatable bonds is 13. The minimum atomic E-state index is -0.868. The summed E-state index contributed by atoms with van der Waals surface area (Å²) in [6.45, 7) is 3.77. The molecule has 188 valence electrons. The zero-order chi connectivity index (χ0) is 25.4. The lowest BCUT2D eigenvalue weighted by atomic mass is 10.0. The van der Waals surface area contributed by atoms with E-state index in [2.05, 4.69) is 11.8 Å². The summed E-state index contributed by atoms with van der Waals surface area (Å²) in [5.41, 5.74) is 1.85. The molecule has 2 aromatic carbocycles. The fourth-order valence-electron chi connectivity index (χ4n) is 4.03. The topological polar surface area (TPSA) is 104 Å². The van der Waals surface area contributed by atoms with E-state index < -0.39 is 5.97 Å². The molecular formula is C26H31ClN2O6. The van der Waals surface area contributed by atoms with E-state index in [1.807, 2.05) is 30.3 Å². The quantitative estimate of drug-likeness (QED) is 0.300. The molecule has 8 nitrogen and oxygen atoms in total. The molecule has 9 heteroatoms. The van der Waals surface area contributed by atoms with Crippen LogP contribution in [0.1, 0.15) is 36.9 Å². The van der Waals surface area contributed by atoms with Crippen molar-refractivity contribution in [2.75, 3.05) is 20.3 Å². The average molecular weight is 503 g/mol. The maximum absolute atomic E-state index is 11.7. The summed E-state index contributed by atoms with van der Waals surface area (Å²) in [4.78, 5) is 13.8. The van der Waals surface area contributed by atoms with Gasteiger partial charge >= 0.3 is 5.97 Å². The van der Waals surface area contributed by atoms with Crippen LogP contribution in [0.4, 0.5) is 0 Å². The number of benzene rings is 2. The number of hydrogen-bond acceptors (Lipinski definition) is 6. The third-order valence-electron chi connectivity index (χ3n) is 5.70. The van der Waals surface area contributed by atoms with Gasteiger partial charge in [0, 0.05) is 29.7 Å². The third-order valence-corrected chi connectivity index (χ3v) is 5.95. The van der Waals surface area contributed by atoms with Gasteiger partial charge in [0.2, 0.25) is 0 Å². The lowest BCUT2D eigenvalue weighted by Gasteiger charge is -2.31. The first-order valence-corrected chi connectivity index (χ1v) is 11.8. The molecule has 3 aromatic rings. The lowest BCUT2D eigenvalue weighted by molar-refractivity contribution is -0.138. The first kappa shape index (κ1) is 26.2. The highest BCUT2D eigenvalue weighted by molar-refractivity contribution is 6.30. The van der Waals surface area contributed by atoms with Crippen molar-refractivity contribution in [3.8, 4) is 23.3 Å². The van der Waals surface area contributed by atoms with Crippen molar-refractivity contribution in [3.05, 3.63) is 70.7 Å². The predicted octanol–water partition coefficient (Wildman–Crippen LogP) is 5.07. The Labute approximate surface area is 209 Å². The Hall–Kier alpha value is -3.36. The molecule has 0 aliphatic heterocycles. The zero-order valence-electron chi connectivity index (χ0n) is 19.9. The van der Waals surface area contributed by atoms with Crippen LogP contribution >= 0.6 is 11.6 Å². The molecule has 0 saturated carbocycles. The van der Waals surface area contributed by atoms with Crippen LogP contribution in [-0.4, -0.2) is 51.0 Å². The molecule has 1 heterocycles. The maximum Gasteiger partial charge on any atom is 0.305 e. The summed E-state index contributed by atoms with van der Waals surface area (Å²) in [6, 6.07) is 15.4. The average Bonchev–Trinajstić information content (AvgIpc) is 3.15. The molecule has 1 unspecified atom stereocenters. The lowest BCUT2D eigenvalue weighted by Crippen LogP contribution is -2.31. The van der Waals surface area contributed by atoms with E-state index in [0.717, 1.165) is 17.5 Å².